The van der Waals surface area contributed by atoms with E-state index in [9.17, 15) is 9.59 Å². The van der Waals surface area contributed by atoms with Crippen molar-refractivity contribution in [3.63, 3.8) is 0 Å². The fraction of sp³-hybridized carbons (Fsp3) is 0.333. The molecule has 0 bridgehead atoms. The van der Waals surface area contributed by atoms with Crippen LogP contribution in [-0.4, -0.2) is 18.6 Å². The third kappa shape index (κ3) is 4.54. The summed E-state index contributed by atoms with van der Waals surface area (Å²) in [5.41, 5.74) is 1.48. The van der Waals surface area contributed by atoms with Gasteiger partial charge >= 0.3 is 12.0 Å². The van der Waals surface area contributed by atoms with E-state index in [0.717, 1.165) is 12.8 Å². The number of ether oxygens (including phenoxy) is 2. The highest BCUT2D eigenvalue weighted by molar-refractivity contribution is 5.95. The number of para-hydroxylation sites is 1. The van der Waals surface area contributed by atoms with Gasteiger partial charge in [-0.2, -0.15) is 0 Å². The Morgan fingerprint density at radius 2 is 2.04 bits per heavy atom. The smallest absolute Gasteiger partial charge is 0.338 e. The number of esters is 1. The van der Waals surface area contributed by atoms with Gasteiger partial charge in [-0.15, -0.1) is 0 Å². The number of nitrogens with one attached hydrogen (secondary N) is 2. The first-order valence-electron chi connectivity index (χ1n) is 9.29. The quantitative estimate of drug-likeness (QED) is 0.533. The first kappa shape index (κ1) is 19.5. The highest BCUT2D eigenvalue weighted by atomic mass is 16.5. The van der Waals surface area contributed by atoms with Gasteiger partial charge in [0.1, 0.15) is 18.1 Å². The molecule has 2 N–H and O–H groups in total. The van der Waals surface area contributed by atoms with Crippen LogP contribution >= 0.6 is 0 Å². The van der Waals surface area contributed by atoms with Crippen molar-refractivity contribution in [1.29, 1.82) is 0 Å². The monoisotopic (exact) mass is 384 g/mol. The lowest BCUT2D eigenvalue weighted by Gasteiger charge is -2.29. The van der Waals surface area contributed by atoms with E-state index >= 15 is 0 Å². The molecule has 0 unspecified atom stereocenters. The fourth-order valence-corrected chi connectivity index (χ4v) is 2.98. The van der Waals surface area contributed by atoms with Crippen LogP contribution in [0.1, 0.15) is 44.1 Å². The fourth-order valence-electron chi connectivity index (χ4n) is 2.98. The maximum absolute atomic E-state index is 12.8. The van der Waals surface area contributed by atoms with Crippen LogP contribution in [-0.2, 0) is 16.1 Å². The van der Waals surface area contributed by atoms with E-state index in [2.05, 4.69) is 17.6 Å². The highest BCUT2D eigenvalue weighted by Gasteiger charge is 2.34. The van der Waals surface area contributed by atoms with Gasteiger partial charge in [-0.3, -0.25) is 0 Å². The third-order valence-electron chi connectivity index (χ3n) is 4.40. The van der Waals surface area contributed by atoms with Crippen LogP contribution in [0, 0.1) is 0 Å². The molecule has 7 nitrogen and oxygen atoms in total. The summed E-state index contributed by atoms with van der Waals surface area (Å²) in [6.07, 6.45) is 3.44. The van der Waals surface area contributed by atoms with Gasteiger partial charge in [0.15, 0.2) is 0 Å². The topological polar surface area (TPSA) is 89.8 Å². The van der Waals surface area contributed by atoms with Crippen molar-refractivity contribution in [3.8, 4) is 5.75 Å². The molecule has 2 amide bonds. The summed E-state index contributed by atoms with van der Waals surface area (Å²) in [6, 6.07) is 9.78. The molecule has 0 saturated carbocycles. The van der Waals surface area contributed by atoms with Crippen LogP contribution in [0.3, 0.4) is 0 Å². The Morgan fingerprint density at radius 3 is 2.79 bits per heavy atom. The van der Waals surface area contributed by atoms with Crippen LogP contribution < -0.4 is 15.4 Å². The van der Waals surface area contributed by atoms with Gasteiger partial charge in [-0.1, -0.05) is 31.5 Å². The van der Waals surface area contributed by atoms with Crippen LogP contribution in [0.15, 0.2) is 58.3 Å². The molecule has 2 heterocycles. The van der Waals surface area contributed by atoms with Gasteiger partial charge in [0.25, 0.3) is 0 Å². The summed E-state index contributed by atoms with van der Waals surface area (Å²) < 4.78 is 16.5. The SMILES string of the molecule is CCCCOc1ccccc1[C@H]1NC(=O)NC(C)=C1C(=O)OCc1ccco1. The molecule has 1 aromatic carbocycles. The number of furan rings is 1. The molecule has 0 radical (unpaired) electrons. The molecule has 2 aromatic rings. The minimum Gasteiger partial charge on any atom is -0.493 e. The number of rotatable bonds is 8. The van der Waals surface area contributed by atoms with E-state index in [1.165, 1.54) is 6.26 Å². The van der Waals surface area contributed by atoms with E-state index in [4.69, 9.17) is 13.9 Å². The van der Waals surface area contributed by atoms with Crippen molar-refractivity contribution < 1.29 is 23.5 Å². The molecule has 1 aromatic heterocycles. The zero-order valence-corrected chi connectivity index (χ0v) is 16.0. The summed E-state index contributed by atoms with van der Waals surface area (Å²) >= 11 is 0. The first-order valence-corrected chi connectivity index (χ1v) is 9.29. The van der Waals surface area contributed by atoms with Gasteiger partial charge in [-0.05, 0) is 31.5 Å². The molecule has 1 atom stereocenters. The summed E-state index contributed by atoms with van der Waals surface area (Å²) in [5.74, 6) is 0.640. The molecule has 7 heteroatoms. The number of carbonyl (C=O) groups excluding carboxylic acids is 2. The van der Waals surface area contributed by atoms with Crippen molar-refractivity contribution in [2.75, 3.05) is 6.61 Å². The molecule has 3 rings (SSSR count). The number of amides is 2. The van der Waals surface area contributed by atoms with Crippen LogP contribution in [0.2, 0.25) is 0 Å². The average Bonchev–Trinajstić information content (AvgIpc) is 3.20. The normalized spacial score (nSPS) is 16.4. The predicted molar refractivity (Wildman–Crippen MR) is 102 cm³/mol. The zero-order valence-electron chi connectivity index (χ0n) is 16.0. The van der Waals surface area contributed by atoms with E-state index < -0.39 is 12.0 Å². The largest absolute Gasteiger partial charge is 0.493 e. The Labute approximate surface area is 163 Å². The van der Waals surface area contributed by atoms with E-state index in [1.54, 1.807) is 19.1 Å². The predicted octanol–water partition coefficient (Wildman–Crippen LogP) is 3.83. The number of unbranched alkanes of at least 4 members (excludes halogenated alkanes) is 1. The van der Waals surface area contributed by atoms with Crippen LogP contribution in [0.5, 0.6) is 5.75 Å². The first-order chi connectivity index (χ1) is 13.6. The highest BCUT2D eigenvalue weighted by Crippen LogP contribution is 2.33. The van der Waals surface area contributed by atoms with E-state index in [0.29, 0.717) is 35.0 Å². The second-order valence-corrected chi connectivity index (χ2v) is 6.47. The maximum Gasteiger partial charge on any atom is 0.338 e. The molecule has 1 aliphatic rings. The van der Waals surface area contributed by atoms with Crippen LogP contribution in [0.4, 0.5) is 4.79 Å². The third-order valence-corrected chi connectivity index (χ3v) is 4.40. The average molecular weight is 384 g/mol. The van der Waals surface area contributed by atoms with Crippen molar-refractivity contribution in [2.45, 2.75) is 39.3 Å². The van der Waals surface area contributed by atoms with Crippen molar-refractivity contribution in [3.05, 3.63) is 65.3 Å². The lowest BCUT2D eigenvalue weighted by Crippen LogP contribution is -2.45. The summed E-state index contributed by atoms with van der Waals surface area (Å²) in [4.78, 5) is 24.9. The number of benzene rings is 1. The number of carbonyl (C=O) groups is 2. The molecular weight excluding hydrogens is 360 g/mol. The number of allylic oxidation sites excluding steroid dienone is 1. The molecule has 0 saturated heterocycles. The number of hydrogen-bond donors (Lipinski definition) is 2. The Hall–Kier alpha value is -3.22. The lowest BCUT2D eigenvalue weighted by molar-refractivity contribution is -0.141. The molecule has 28 heavy (non-hydrogen) atoms. The van der Waals surface area contributed by atoms with E-state index in [1.807, 2.05) is 24.3 Å². The molecule has 0 spiro atoms. The molecule has 0 aliphatic carbocycles. The number of hydrogen-bond acceptors (Lipinski definition) is 5. The second-order valence-electron chi connectivity index (χ2n) is 6.47. The summed E-state index contributed by atoms with van der Waals surface area (Å²) in [6.45, 7) is 4.34. The zero-order chi connectivity index (χ0) is 19.9. The van der Waals surface area contributed by atoms with Crippen molar-refractivity contribution in [1.82, 2.24) is 10.6 Å². The number of urea groups is 1. The van der Waals surface area contributed by atoms with Gasteiger partial charge in [0.2, 0.25) is 0 Å². The Balaban J connectivity index is 1.86. The van der Waals surface area contributed by atoms with Crippen LogP contribution in [0.25, 0.3) is 0 Å². The Kier molecular flexibility index (Phi) is 6.37. The van der Waals surface area contributed by atoms with Gasteiger partial charge in [0, 0.05) is 11.3 Å². The summed E-state index contributed by atoms with van der Waals surface area (Å²) in [5, 5.41) is 5.45. The minimum absolute atomic E-state index is 0.0118. The minimum atomic E-state index is -0.671. The molecular formula is C21H24N2O5. The Morgan fingerprint density at radius 1 is 1.21 bits per heavy atom. The molecule has 0 fully saturated rings. The van der Waals surface area contributed by atoms with Gasteiger partial charge in [-0.25, -0.2) is 9.59 Å². The van der Waals surface area contributed by atoms with Crippen molar-refractivity contribution >= 4 is 12.0 Å². The van der Waals surface area contributed by atoms with Gasteiger partial charge < -0.3 is 24.5 Å². The lowest BCUT2D eigenvalue weighted by atomic mass is 9.95. The van der Waals surface area contributed by atoms with E-state index in [-0.39, 0.29) is 12.6 Å². The molecule has 148 valence electrons. The van der Waals surface area contributed by atoms with Gasteiger partial charge in [0.05, 0.1) is 24.5 Å². The standard InChI is InChI=1S/C21H24N2O5/c1-3-4-11-27-17-10-6-5-9-16(17)19-18(14(2)22-21(25)23-19)20(24)28-13-15-8-7-12-26-15/h5-10,12,19H,3-4,11,13H2,1-2H3,(H2,22,23,25)/t19-/m1/s1. The Bertz CT molecular complexity index is 857. The second kappa shape index (κ2) is 9.12. The van der Waals surface area contributed by atoms with Crippen molar-refractivity contribution in [2.24, 2.45) is 0 Å². The molecule has 1 aliphatic heterocycles. The summed E-state index contributed by atoms with van der Waals surface area (Å²) in [7, 11) is 0. The maximum atomic E-state index is 12.8.